The summed E-state index contributed by atoms with van der Waals surface area (Å²) < 4.78 is 25.8. The smallest absolute Gasteiger partial charge is 0.254 e. The predicted octanol–water partition coefficient (Wildman–Crippen LogP) is 3.35. The molecule has 2 aromatic rings. The van der Waals surface area contributed by atoms with Gasteiger partial charge in [0.05, 0.1) is 26.2 Å². The van der Waals surface area contributed by atoms with Crippen LogP contribution in [-0.4, -0.2) is 68.6 Å². The van der Waals surface area contributed by atoms with Gasteiger partial charge in [-0.3, -0.25) is 14.5 Å². The SMILES string of the molecule is CCN1CCCC1CNC(=O)C1c2cc(OC)c(OC)cc2C(=O)N(C)C1c1ccccc1F. The van der Waals surface area contributed by atoms with Crippen molar-refractivity contribution in [1.29, 1.82) is 0 Å². The molecule has 8 heteroatoms. The van der Waals surface area contributed by atoms with E-state index in [-0.39, 0.29) is 17.9 Å². The van der Waals surface area contributed by atoms with Crippen molar-refractivity contribution in [2.45, 2.75) is 37.8 Å². The molecule has 0 radical (unpaired) electrons. The molecule has 1 fully saturated rings. The zero-order valence-electron chi connectivity index (χ0n) is 20.1. The van der Waals surface area contributed by atoms with Gasteiger partial charge in [0.15, 0.2) is 11.5 Å². The molecule has 0 spiro atoms. The summed E-state index contributed by atoms with van der Waals surface area (Å²) >= 11 is 0. The van der Waals surface area contributed by atoms with Crippen LogP contribution >= 0.6 is 0 Å². The second-order valence-electron chi connectivity index (χ2n) is 8.82. The maximum atomic E-state index is 15.0. The summed E-state index contributed by atoms with van der Waals surface area (Å²) in [6.45, 7) is 4.58. The molecule has 0 bridgehead atoms. The number of rotatable bonds is 7. The quantitative estimate of drug-likeness (QED) is 0.674. The van der Waals surface area contributed by atoms with E-state index < -0.39 is 17.8 Å². The topological polar surface area (TPSA) is 71.1 Å². The monoisotopic (exact) mass is 469 g/mol. The summed E-state index contributed by atoms with van der Waals surface area (Å²) in [6.07, 6.45) is 2.13. The van der Waals surface area contributed by atoms with Crippen molar-refractivity contribution in [3.63, 3.8) is 0 Å². The minimum absolute atomic E-state index is 0.246. The van der Waals surface area contributed by atoms with Crippen molar-refractivity contribution in [2.24, 2.45) is 0 Å². The number of carbonyl (C=O) groups excluding carboxylic acids is 2. The molecule has 0 saturated carbocycles. The summed E-state index contributed by atoms with van der Waals surface area (Å²) in [5, 5.41) is 3.11. The molecule has 2 aliphatic heterocycles. The molecule has 0 aliphatic carbocycles. The van der Waals surface area contributed by atoms with Gasteiger partial charge in [-0.15, -0.1) is 0 Å². The summed E-state index contributed by atoms with van der Waals surface area (Å²) in [5.74, 6) is -1.01. The summed E-state index contributed by atoms with van der Waals surface area (Å²) in [6, 6.07) is 9.04. The van der Waals surface area contributed by atoms with Crippen molar-refractivity contribution in [3.05, 3.63) is 58.9 Å². The van der Waals surface area contributed by atoms with Crippen LogP contribution in [0, 0.1) is 5.82 Å². The zero-order valence-corrected chi connectivity index (χ0v) is 20.1. The van der Waals surface area contributed by atoms with Gasteiger partial charge in [-0.1, -0.05) is 25.1 Å². The van der Waals surface area contributed by atoms with Crippen molar-refractivity contribution < 1.29 is 23.5 Å². The Hall–Kier alpha value is -3.13. The highest BCUT2D eigenvalue weighted by atomic mass is 19.1. The number of ether oxygens (including phenoxy) is 2. The number of hydrogen-bond donors (Lipinski definition) is 1. The van der Waals surface area contributed by atoms with E-state index in [4.69, 9.17) is 9.47 Å². The van der Waals surface area contributed by atoms with Crippen molar-refractivity contribution >= 4 is 11.8 Å². The van der Waals surface area contributed by atoms with Crippen LogP contribution in [0.4, 0.5) is 4.39 Å². The van der Waals surface area contributed by atoms with Gasteiger partial charge in [0.25, 0.3) is 5.91 Å². The molecule has 3 atom stereocenters. The number of nitrogens with zero attached hydrogens (tertiary/aromatic N) is 2. The molecular weight excluding hydrogens is 437 g/mol. The fourth-order valence-corrected chi connectivity index (χ4v) is 5.31. The first-order valence-corrected chi connectivity index (χ1v) is 11.7. The number of carbonyl (C=O) groups is 2. The summed E-state index contributed by atoms with van der Waals surface area (Å²) in [4.78, 5) is 30.9. The average molecular weight is 470 g/mol. The highest BCUT2D eigenvalue weighted by molar-refractivity contribution is 6.02. The number of likely N-dealkylation sites (tertiary alicyclic amines) is 1. The van der Waals surface area contributed by atoms with Crippen LogP contribution in [0.1, 0.15) is 53.2 Å². The van der Waals surface area contributed by atoms with Crippen LogP contribution < -0.4 is 14.8 Å². The average Bonchev–Trinajstić information content (AvgIpc) is 3.32. The fraction of sp³-hybridized carbons (Fsp3) is 0.462. The van der Waals surface area contributed by atoms with Gasteiger partial charge in [0.2, 0.25) is 5.91 Å². The molecule has 2 aliphatic rings. The Labute approximate surface area is 199 Å². The Bertz CT molecular complexity index is 1080. The van der Waals surface area contributed by atoms with E-state index in [1.807, 2.05) is 0 Å². The van der Waals surface area contributed by atoms with Gasteiger partial charge in [-0.2, -0.15) is 0 Å². The maximum Gasteiger partial charge on any atom is 0.254 e. The van der Waals surface area contributed by atoms with E-state index in [2.05, 4.69) is 17.1 Å². The largest absolute Gasteiger partial charge is 0.493 e. The molecule has 2 amide bonds. The van der Waals surface area contributed by atoms with Crippen LogP contribution in [0.15, 0.2) is 36.4 Å². The molecule has 1 saturated heterocycles. The van der Waals surface area contributed by atoms with E-state index in [9.17, 15) is 14.0 Å². The first kappa shape index (κ1) is 24.0. The highest BCUT2D eigenvalue weighted by Crippen LogP contribution is 2.46. The number of halogens is 1. The van der Waals surface area contributed by atoms with E-state index in [0.717, 1.165) is 25.9 Å². The number of nitrogens with one attached hydrogen (secondary N) is 1. The Morgan fingerprint density at radius 3 is 2.53 bits per heavy atom. The van der Waals surface area contributed by atoms with Gasteiger partial charge in [0.1, 0.15) is 5.82 Å². The molecule has 34 heavy (non-hydrogen) atoms. The van der Waals surface area contributed by atoms with Gasteiger partial charge >= 0.3 is 0 Å². The summed E-state index contributed by atoms with van der Waals surface area (Å²) in [5.41, 5.74) is 1.16. The maximum absolute atomic E-state index is 15.0. The van der Waals surface area contributed by atoms with Gasteiger partial charge < -0.3 is 19.7 Å². The Morgan fingerprint density at radius 1 is 1.15 bits per heavy atom. The molecule has 2 heterocycles. The normalized spacial score (nSPS) is 22.4. The number of amides is 2. The standard InChI is InChI=1S/C26H32FN3O4/c1-5-30-12-8-9-16(30)15-28-25(31)23-18-13-21(33-3)22(34-4)14-19(18)26(32)29(2)24(23)17-10-6-7-11-20(17)27/h6-7,10-11,13-14,16,23-24H,5,8-9,12,15H2,1-4H3,(H,28,31). The predicted molar refractivity (Wildman–Crippen MR) is 127 cm³/mol. The molecule has 4 rings (SSSR count). The third-order valence-electron chi connectivity index (χ3n) is 7.10. The third-order valence-corrected chi connectivity index (χ3v) is 7.10. The molecule has 182 valence electrons. The molecule has 7 nitrogen and oxygen atoms in total. The molecule has 2 aromatic carbocycles. The molecular formula is C26H32FN3O4. The Morgan fingerprint density at radius 2 is 1.85 bits per heavy atom. The number of benzene rings is 2. The molecule has 3 unspecified atom stereocenters. The second kappa shape index (κ2) is 10.0. The van der Waals surface area contributed by atoms with E-state index in [1.165, 1.54) is 25.2 Å². The molecule has 1 N–H and O–H groups in total. The van der Waals surface area contributed by atoms with Gasteiger partial charge in [-0.05, 0) is 49.7 Å². The van der Waals surface area contributed by atoms with Crippen molar-refractivity contribution in [1.82, 2.24) is 15.1 Å². The lowest BCUT2D eigenvalue weighted by atomic mass is 9.79. The zero-order chi connectivity index (χ0) is 24.4. The lowest BCUT2D eigenvalue weighted by Crippen LogP contribution is -2.48. The van der Waals surface area contributed by atoms with Crippen LogP contribution in [0.2, 0.25) is 0 Å². The van der Waals surface area contributed by atoms with E-state index in [1.54, 1.807) is 37.4 Å². The first-order valence-electron chi connectivity index (χ1n) is 11.7. The van der Waals surface area contributed by atoms with E-state index >= 15 is 0 Å². The minimum atomic E-state index is -0.814. The first-order chi connectivity index (χ1) is 16.4. The lowest BCUT2D eigenvalue weighted by molar-refractivity contribution is -0.124. The van der Waals surface area contributed by atoms with Gasteiger partial charge in [-0.25, -0.2) is 4.39 Å². The number of methoxy groups -OCH3 is 2. The minimum Gasteiger partial charge on any atom is -0.493 e. The van der Waals surface area contributed by atoms with Crippen LogP contribution in [0.3, 0.4) is 0 Å². The highest BCUT2D eigenvalue weighted by Gasteiger charge is 2.44. The number of fused-ring (bicyclic) bond motifs is 1. The van der Waals surface area contributed by atoms with Crippen LogP contribution in [0.5, 0.6) is 11.5 Å². The van der Waals surface area contributed by atoms with Crippen LogP contribution in [0.25, 0.3) is 0 Å². The van der Waals surface area contributed by atoms with Crippen LogP contribution in [-0.2, 0) is 4.79 Å². The Balaban J connectivity index is 1.78. The second-order valence-corrected chi connectivity index (χ2v) is 8.82. The van der Waals surface area contributed by atoms with E-state index in [0.29, 0.717) is 34.7 Å². The van der Waals surface area contributed by atoms with Crippen molar-refractivity contribution in [2.75, 3.05) is 40.9 Å². The third kappa shape index (κ3) is 4.22. The Kier molecular flexibility index (Phi) is 7.07. The molecule has 0 aromatic heterocycles. The number of hydrogen-bond acceptors (Lipinski definition) is 5. The summed E-state index contributed by atoms with van der Waals surface area (Å²) in [7, 11) is 4.60. The fourth-order valence-electron chi connectivity index (χ4n) is 5.31. The lowest BCUT2D eigenvalue weighted by Gasteiger charge is -2.40. The number of likely N-dealkylation sites (N-methyl/N-ethyl adjacent to an activating group) is 2. The van der Waals surface area contributed by atoms with Crippen molar-refractivity contribution in [3.8, 4) is 11.5 Å². The van der Waals surface area contributed by atoms with Gasteiger partial charge in [0, 0.05) is 30.8 Å².